The summed E-state index contributed by atoms with van der Waals surface area (Å²) in [5.74, 6) is 2.64. The summed E-state index contributed by atoms with van der Waals surface area (Å²) >= 11 is 0. The summed E-state index contributed by atoms with van der Waals surface area (Å²) in [5, 5.41) is 6.63. The number of allylic oxidation sites excluding steroid dienone is 1. The number of nitrogens with one attached hydrogen (secondary N) is 3. The number of carbonyl (C=O) groups is 4. The molecule has 3 heterocycles. The van der Waals surface area contributed by atoms with E-state index in [1.807, 2.05) is 30.3 Å². The Labute approximate surface area is 314 Å². The van der Waals surface area contributed by atoms with E-state index in [0.717, 1.165) is 54.9 Å². The smallest absolute Gasteiger partial charge is 0.407 e. The molecule has 0 radical (unpaired) electrons. The SMILES string of the molecule is C=C[C@@H]1C#C[C@]1(NC(=O)[C@@H]1C[C@@H]2CN1C(=O)[C@H](C1CCCCC1)NC(=O)OCC1(C/C=C/c3ccc4ccnc(c4c3)O2)CC1)C(=O)NS(=O)(=O)C1CC1. The van der Waals surface area contributed by atoms with E-state index >= 15 is 0 Å². The highest BCUT2D eigenvalue weighted by molar-refractivity contribution is 7.91. The Bertz CT molecular complexity index is 2090. The summed E-state index contributed by atoms with van der Waals surface area (Å²) in [4.78, 5) is 62.3. The van der Waals surface area contributed by atoms with Crippen LogP contribution in [0.1, 0.15) is 76.2 Å². The van der Waals surface area contributed by atoms with Crippen LogP contribution >= 0.6 is 0 Å². The van der Waals surface area contributed by atoms with Crippen molar-refractivity contribution in [3.63, 3.8) is 0 Å². The Morgan fingerprint density at radius 2 is 1.89 bits per heavy atom. The van der Waals surface area contributed by atoms with E-state index in [4.69, 9.17) is 9.47 Å². The van der Waals surface area contributed by atoms with Gasteiger partial charge in [0.1, 0.15) is 18.2 Å². The standard InChI is InChI=1S/C40H45N5O8S/c1-2-28-14-17-40(28,37(48)44-54(50,51)30-12-13-30)43-34(46)32-22-29-23-45(32)36(47)33(27-8-4-3-5-9-27)42-38(49)52-24-39(18-19-39)16-6-7-25-10-11-26-15-20-41-35(53-29)31(26)21-25/h2,6-7,10-11,15,20-21,27-30,32-33H,1,3-5,8-9,12-13,16,18-19,22-24H2,(H,42,49)(H,43,46)(H,44,48)/b7-6+/t28-,29-,32+,33+,40-/m1/s1. The van der Waals surface area contributed by atoms with Gasteiger partial charge in [0.2, 0.25) is 27.7 Å². The molecule has 2 aliphatic heterocycles. The molecule has 1 aromatic carbocycles. The van der Waals surface area contributed by atoms with Gasteiger partial charge in [-0.15, -0.1) is 6.58 Å². The van der Waals surface area contributed by atoms with Gasteiger partial charge in [-0.05, 0) is 73.9 Å². The molecular weight excluding hydrogens is 711 g/mol. The molecule has 4 aliphatic carbocycles. The molecular formula is C40H45N5O8S. The molecule has 54 heavy (non-hydrogen) atoms. The van der Waals surface area contributed by atoms with E-state index in [9.17, 15) is 27.6 Å². The van der Waals surface area contributed by atoms with Crippen LogP contribution in [0.4, 0.5) is 4.79 Å². The largest absolute Gasteiger partial charge is 0.472 e. The van der Waals surface area contributed by atoms with Gasteiger partial charge >= 0.3 is 6.09 Å². The molecule has 8 rings (SSSR count). The highest BCUT2D eigenvalue weighted by atomic mass is 32.2. The predicted molar refractivity (Wildman–Crippen MR) is 199 cm³/mol. The van der Waals surface area contributed by atoms with Gasteiger partial charge in [-0.2, -0.15) is 0 Å². The predicted octanol–water partition coefficient (Wildman–Crippen LogP) is 3.74. The summed E-state index contributed by atoms with van der Waals surface area (Å²) < 4.78 is 40.0. The van der Waals surface area contributed by atoms with E-state index < -0.39 is 68.7 Å². The van der Waals surface area contributed by atoms with E-state index in [2.05, 4.69) is 44.8 Å². The van der Waals surface area contributed by atoms with E-state index in [1.54, 1.807) is 6.20 Å². The van der Waals surface area contributed by atoms with E-state index in [1.165, 1.54) is 11.0 Å². The average Bonchev–Trinajstić information content (AvgIpc) is 4.09. The summed E-state index contributed by atoms with van der Waals surface area (Å²) in [7, 11) is -3.97. The minimum atomic E-state index is -3.97. The Kier molecular flexibility index (Phi) is 9.40. The number of rotatable bonds is 7. The lowest BCUT2D eigenvalue weighted by Crippen LogP contribution is -2.68. The van der Waals surface area contributed by atoms with Crippen LogP contribution in [0.5, 0.6) is 5.88 Å². The third kappa shape index (κ3) is 7.06. The molecule has 5 atom stereocenters. The van der Waals surface area contributed by atoms with Crippen molar-refractivity contribution in [3.05, 3.63) is 54.8 Å². The third-order valence-electron chi connectivity index (χ3n) is 11.9. The van der Waals surface area contributed by atoms with Gasteiger partial charge in [-0.1, -0.05) is 61.5 Å². The minimum absolute atomic E-state index is 0.0105. The van der Waals surface area contributed by atoms with E-state index in [-0.39, 0.29) is 30.9 Å². The molecule has 13 nitrogen and oxygen atoms in total. The van der Waals surface area contributed by atoms with Crippen molar-refractivity contribution in [2.45, 2.75) is 99.6 Å². The van der Waals surface area contributed by atoms with Crippen molar-refractivity contribution in [2.75, 3.05) is 13.2 Å². The Hall–Kier alpha value is -4.90. The number of alkyl carbamates (subject to hydrolysis) is 1. The Balaban J connectivity index is 1.14. The second-order valence-electron chi connectivity index (χ2n) is 15.7. The fourth-order valence-electron chi connectivity index (χ4n) is 8.18. The quantitative estimate of drug-likeness (QED) is 0.281. The van der Waals surface area contributed by atoms with Crippen molar-refractivity contribution in [1.82, 2.24) is 25.2 Å². The number of cyclic esters (lactones) is 1. The molecule has 1 saturated heterocycles. The van der Waals surface area contributed by atoms with Gasteiger partial charge in [-0.25, -0.2) is 22.9 Å². The number of fused-ring (bicyclic) bond motifs is 3. The zero-order valence-electron chi connectivity index (χ0n) is 30.1. The molecule has 4 bridgehead atoms. The average molecular weight is 756 g/mol. The molecule has 14 heteroatoms. The number of amides is 4. The number of ether oxygens (including phenoxy) is 2. The normalized spacial score (nSPS) is 30.0. The number of benzene rings is 1. The van der Waals surface area contributed by atoms with Crippen LogP contribution in [0.15, 0.2) is 49.2 Å². The van der Waals surface area contributed by atoms with Crippen molar-refractivity contribution in [3.8, 4) is 17.7 Å². The number of sulfonamides is 1. The maximum atomic E-state index is 14.8. The summed E-state index contributed by atoms with van der Waals surface area (Å²) in [5.41, 5.74) is -1.13. The van der Waals surface area contributed by atoms with Gasteiger partial charge in [0.25, 0.3) is 5.91 Å². The van der Waals surface area contributed by atoms with Crippen molar-refractivity contribution in [2.24, 2.45) is 17.3 Å². The highest BCUT2D eigenvalue weighted by Gasteiger charge is 2.54. The molecule has 3 saturated carbocycles. The van der Waals surface area contributed by atoms with Crippen LogP contribution in [0.25, 0.3) is 16.8 Å². The van der Waals surface area contributed by atoms with Crippen molar-refractivity contribution < 1.29 is 37.1 Å². The minimum Gasteiger partial charge on any atom is -0.472 e. The fourth-order valence-corrected chi connectivity index (χ4v) is 9.52. The first kappa shape index (κ1) is 36.1. The third-order valence-corrected chi connectivity index (χ3v) is 13.7. The molecule has 0 unspecified atom stereocenters. The van der Waals surface area contributed by atoms with Crippen LogP contribution < -0.4 is 20.1 Å². The number of carbonyl (C=O) groups excluding carboxylic acids is 4. The summed E-state index contributed by atoms with van der Waals surface area (Å²) in [6, 6.07) is 5.75. The first-order chi connectivity index (χ1) is 26.0. The first-order valence-corrected chi connectivity index (χ1v) is 20.5. The molecule has 1 aromatic heterocycles. The van der Waals surface area contributed by atoms with Crippen LogP contribution in [-0.2, 0) is 29.1 Å². The lowest BCUT2D eigenvalue weighted by Gasteiger charge is -2.38. The monoisotopic (exact) mass is 755 g/mol. The number of hydrogen-bond donors (Lipinski definition) is 3. The second kappa shape index (κ2) is 14.1. The number of aromatic nitrogens is 1. The molecule has 3 N–H and O–H groups in total. The van der Waals surface area contributed by atoms with Gasteiger partial charge in [0, 0.05) is 23.4 Å². The highest BCUT2D eigenvalue weighted by Crippen LogP contribution is 2.49. The zero-order chi connectivity index (χ0) is 37.7. The topological polar surface area (TPSA) is 173 Å². The molecule has 4 fully saturated rings. The first-order valence-electron chi connectivity index (χ1n) is 19.0. The Morgan fingerprint density at radius 3 is 2.59 bits per heavy atom. The van der Waals surface area contributed by atoms with Gasteiger partial charge in [-0.3, -0.25) is 14.4 Å². The lowest BCUT2D eigenvalue weighted by molar-refractivity contribution is -0.142. The molecule has 284 valence electrons. The second-order valence-corrected chi connectivity index (χ2v) is 17.7. The molecule has 1 spiro atoms. The van der Waals surface area contributed by atoms with E-state index in [0.29, 0.717) is 31.6 Å². The van der Waals surface area contributed by atoms with Crippen LogP contribution in [0, 0.1) is 29.1 Å². The van der Waals surface area contributed by atoms with Gasteiger partial charge in [0.05, 0.1) is 24.3 Å². The maximum Gasteiger partial charge on any atom is 0.407 e. The van der Waals surface area contributed by atoms with Gasteiger partial charge in [0.15, 0.2) is 5.54 Å². The lowest BCUT2D eigenvalue weighted by atomic mass is 9.76. The van der Waals surface area contributed by atoms with Crippen LogP contribution in [0.3, 0.4) is 0 Å². The number of hydrogen-bond acceptors (Lipinski definition) is 9. The van der Waals surface area contributed by atoms with Gasteiger partial charge < -0.3 is 25.0 Å². The number of pyridine rings is 1. The number of nitrogens with zero attached hydrogens (tertiary/aromatic N) is 2. The zero-order valence-corrected chi connectivity index (χ0v) is 30.9. The summed E-state index contributed by atoms with van der Waals surface area (Å²) in [6.45, 7) is 3.97. The summed E-state index contributed by atoms with van der Waals surface area (Å²) in [6.07, 6.45) is 13.5. The fraction of sp³-hybridized carbons (Fsp3) is 0.525. The Morgan fingerprint density at radius 1 is 1.09 bits per heavy atom. The molecule has 4 amide bonds. The van der Waals surface area contributed by atoms with Crippen molar-refractivity contribution in [1.29, 1.82) is 0 Å². The molecule has 2 aromatic rings. The van der Waals surface area contributed by atoms with Crippen molar-refractivity contribution >= 4 is 50.7 Å². The van der Waals surface area contributed by atoms with Crippen LogP contribution in [0.2, 0.25) is 0 Å². The molecule has 6 aliphatic rings. The maximum absolute atomic E-state index is 14.8. The van der Waals surface area contributed by atoms with Crippen LogP contribution in [-0.4, -0.2) is 84.2 Å².